The van der Waals surface area contributed by atoms with Crippen LogP contribution >= 0.6 is 0 Å². The predicted octanol–water partition coefficient (Wildman–Crippen LogP) is 3.41. The second-order valence-electron chi connectivity index (χ2n) is 6.63. The molecular weight excluding hydrogens is 280 g/mol. The van der Waals surface area contributed by atoms with E-state index in [1.165, 1.54) is 12.8 Å². The van der Waals surface area contributed by atoms with Gasteiger partial charge < -0.3 is 20.1 Å². The van der Waals surface area contributed by atoms with Crippen LogP contribution < -0.4 is 15.4 Å². The molecule has 0 radical (unpaired) electrons. The lowest BCUT2D eigenvalue weighted by Crippen LogP contribution is -2.34. The van der Waals surface area contributed by atoms with Crippen molar-refractivity contribution >= 4 is 11.8 Å². The van der Waals surface area contributed by atoms with E-state index < -0.39 is 11.7 Å². The van der Waals surface area contributed by atoms with Crippen molar-refractivity contribution in [1.82, 2.24) is 5.32 Å². The summed E-state index contributed by atoms with van der Waals surface area (Å²) in [6.07, 6.45) is 2.27. The molecule has 122 valence electrons. The van der Waals surface area contributed by atoms with Crippen LogP contribution in [0.15, 0.2) is 24.3 Å². The molecule has 1 aromatic carbocycles. The van der Waals surface area contributed by atoms with E-state index >= 15 is 0 Å². The molecule has 5 nitrogen and oxygen atoms in total. The molecule has 0 aliphatic heterocycles. The highest BCUT2D eigenvalue weighted by Gasteiger charge is 2.20. The highest BCUT2D eigenvalue weighted by molar-refractivity contribution is 5.67. The molecule has 22 heavy (non-hydrogen) atoms. The normalized spacial score (nSPS) is 14.3. The third-order valence-electron chi connectivity index (χ3n) is 3.19. The summed E-state index contributed by atoms with van der Waals surface area (Å²) in [6, 6.07) is 7.89. The van der Waals surface area contributed by atoms with Crippen LogP contribution in [0.25, 0.3) is 0 Å². The first kappa shape index (κ1) is 16.5. The highest BCUT2D eigenvalue weighted by atomic mass is 16.6. The first-order chi connectivity index (χ1) is 10.4. The monoisotopic (exact) mass is 306 g/mol. The zero-order valence-electron chi connectivity index (χ0n) is 13.6. The fraction of sp³-hybridized carbons (Fsp3) is 0.588. The minimum Gasteiger partial charge on any atom is -0.492 e. The number of anilines is 1. The van der Waals surface area contributed by atoms with Crippen LogP contribution in [0.5, 0.6) is 5.75 Å². The molecule has 5 heteroatoms. The topological polar surface area (TPSA) is 59.6 Å². The van der Waals surface area contributed by atoms with Gasteiger partial charge in [-0.3, -0.25) is 0 Å². The maximum Gasteiger partial charge on any atom is 0.407 e. The molecule has 2 rings (SSSR count). The van der Waals surface area contributed by atoms with E-state index in [4.69, 9.17) is 9.47 Å². The minimum atomic E-state index is -0.478. The third kappa shape index (κ3) is 6.70. The van der Waals surface area contributed by atoms with Gasteiger partial charge in [0.2, 0.25) is 0 Å². The SMILES string of the molecule is CC(C)(C)OC(=O)NCCOc1ccc(NCC2CC2)cc1. The summed E-state index contributed by atoms with van der Waals surface area (Å²) in [5, 5.41) is 6.07. The van der Waals surface area contributed by atoms with Crippen molar-refractivity contribution in [2.45, 2.75) is 39.2 Å². The van der Waals surface area contributed by atoms with E-state index in [1.807, 2.05) is 45.0 Å². The van der Waals surface area contributed by atoms with Gasteiger partial charge in [0.15, 0.2) is 0 Å². The van der Waals surface area contributed by atoms with Gasteiger partial charge in [-0.05, 0) is 63.8 Å². The van der Waals surface area contributed by atoms with Gasteiger partial charge in [-0.2, -0.15) is 0 Å². The Labute approximate surface area is 132 Å². The Morgan fingerprint density at radius 3 is 2.50 bits per heavy atom. The lowest BCUT2D eigenvalue weighted by atomic mass is 10.2. The molecule has 2 N–H and O–H groups in total. The zero-order chi connectivity index (χ0) is 16.0. The molecule has 0 saturated heterocycles. The molecular formula is C17H26N2O3. The largest absolute Gasteiger partial charge is 0.492 e. The van der Waals surface area contributed by atoms with Crippen molar-refractivity contribution in [3.63, 3.8) is 0 Å². The molecule has 1 saturated carbocycles. The summed E-state index contributed by atoms with van der Waals surface area (Å²) in [7, 11) is 0. The number of benzene rings is 1. The van der Waals surface area contributed by atoms with Crippen LogP contribution in [0.4, 0.5) is 10.5 Å². The summed E-state index contributed by atoms with van der Waals surface area (Å²) in [5.74, 6) is 1.65. The maximum absolute atomic E-state index is 11.4. The van der Waals surface area contributed by atoms with E-state index in [2.05, 4.69) is 10.6 Å². The fourth-order valence-corrected chi connectivity index (χ4v) is 1.89. The van der Waals surface area contributed by atoms with Crippen LogP contribution in [0, 0.1) is 5.92 Å². The molecule has 0 unspecified atom stereocenters. The average molecular weight is 306 g/mol. The smallest absolute Gasteiger partial charge is 0.407 e. The lowest BCUT2D eigenvalue weighted by Gasteiger charge is -2.19. The second kappa shape index (κ2) is 7.38. The molecule has 0 spiro atoms. The molecule has 0 bridgehead atoms. The summed E-state index contributed by atoms with van der Waals surface area (Å²) in [6.45, 7) is 7.39. The number of amides is 1. The van der Waals surface area contributed by atoms with Gasteiger partial charge in [0.25, 0.3) is 0 Å². The van der Waals surface area contributed by atoms with Crippen molar-refractivity contribution in [1.29, 1.82) is 0 Å². The van der Waals surface area contributed by atoms with E-state index in [9.17, 15) is 4.79 Å². The van der Waals surface area contributed by atoms with Crippen LogP contribution in [-0.2, 0) is 4.74 Å². The van der Waals surface area contributed by atoms with Crippen LogP contribution in [0.1, 0.15) is 33.6 Å². The Morgan fingerprint density at radius 2 is 1.91 bits per heavy atom. The van der Waals surface area contributed by atoms with Gasteiger partial charge in [0.1, 0.15) is 18.0 Å². The van der Waals surface area contributed by atoms with E-state index in [0.29, 0.717) is 13.2 Å². The minimum absolute atomic E-state index is 0.411. The number of alkyl carbamates (subject to hydrolysis) is 1. The van der Waals surface area contributed by atoms with E-state index in [-0.39, 0.29) is 0 Å². The maximum atomic E-state index is 11.4. The van der Waals surface area contributed by atoms with Gasteiger partial charge >= 0.3 is 6.09 Å². The first-order valence-electron chi connectivity index (χ1n) is 7.86. The number of hydrogen-bond donors (Lipinski definition) is 2. The Morgan fingerprint density at radius 1 is 1.23 bits per heavy atom. The molecule has 1 fully saturated rings. The van der Waals surface area contributed by atoms with Gasteiger partial charge in [-0.1, -0.05) is 0 Å². The highest BCUT2D eigenvalue weighted by Crippen LogP contribution is 2.29. The first-order valence-corrected chi connectivity index (χ1v) is 7.86. The molecule has 1 amide bonds. The number of rotatable bonds is 7. The van der Waals surface area contributed by atoms with Crippen molar-refractivity contribution in [2.24, 2.45) is 5.92 Å². The summed E-state index contributed by atoms with van der Waals surface area (Å²) in [4.78, 5) is 11.4. The molecule has 0 atom stereocenters. The standard InChI is InChI=1S/C17H26N2O3/c1-17(2,3)22-16(20)18-10-11-21-15-8-6-14(7-9-15)19-12-13-4-5-13/h6-9,13,19H,4-5,10-12H2,1-3H3,(H,18,20). The fourth-order valence-electron chi connectivity index (χ4n) is 1.89. The number of ether oxygens (including phenoxy) is 2. The Kier molecular flexibility index (Phi) is 5.52. The predicted molar refractivity (Wildman–Crippen MR) is 87.4 cm³/mol. The third-order valence-corrected chi connectivity index (χ3v) is 3.19. The Bertz CT molecular complexity index is 476. The van der Waals surface area contributed by atoms with Crippen LogP contribution in [0.2, 0.25) is 0 Å². The lowest BCUT2D eigenvalue weighted by molar-refractivity contribution is 0.0520. The van der Waals surface area contributed by atoms with Gasteiger partial charge in [0, 0.05) is 12.2 Å². The molecule has 1 aliphatic carbocycles. The number of carbonyl (C=O) groups excluding carboxylic acids is 1. The second-order valence-corrected chi connectivity index (χ2v) is 6.63. The van der Waals surface area contributed by atoms with Gasteiger partial charge in [0.05, 0.1) is 6.54 Å². The van der Waals surface area contributed by atoms with Crippen molar-refractivity contribution < 1.29 is 14.3 Å². The van der Waals surface area contributed by atoms with Gasteiger partial charge in [-0.15, -0.1) is 0 Å². The van der Waals surface area contributed by atoms with Crippen molar-refractivity contribution in [3.8, 4) is 5.75 Å². The Hall–Kier alpha value is -1.91. The molecule has 1 aromatic rings. The average Bonchev–Trinajstić information content (AvgIpc) is 3.25. The molecule has 0 heterocycles. The van der Waals surface area contributed by atoms with Crippen LogP contribution in [0.3, 0.4) is 0 Å². The summed E-state index contributed by atoms with van der Waals surface area (Å²) >= 11 is 0. The quantitative estimate of drug-likeness (QED) is 0.758. The van der Waals surface area contributed by atoms with Crippen LogP contribution in [-0.4, -0.2) is 31.4 Å². The number of hydrogen-bond acceptors (Lipinski definition) is 4. The number of carbonyl (C=O) groups is 1. The Balaban J connectivity index is 1.61. The summed E-state index contributed by atoms with van der Waals surface area (Å²) in [5.41, 5.74) is 0.639. The number of nitrogens with one attached hydrogen (secondary N) is 2. The zero-order valence-corrected chi connectivity index (χ0v) is 13.6. The van der Waals surface area contributed by atoms with Gasteiger partial charge in [-0.25, -0.2) is 4.79 Å². The van der Waals surface area contributed by atoms with Crippen molar-refractivity contribution in [3.05, 3.63) is 24.3 Å². The van der Waals surface area contributed by atoms with E-state index in [1.54, 1.807) is 0 Å². The molecule has 0 aromatic heterocycles. The summed E-state index contributed by atoms with van der Waals surface area (Å²) < 4.78 is 10.7. The van der Waals surface area contributed by atoms with Crippen molar-refractivity contribution in [2.75, 3.05) is 25.0 Å². The molecule has 1 aliphatic rings. The van der Waals surface area contributed by atoms with E-state index in [0.717, 1.165) is 23.9 Å².